The van der Waals surface area contributed by atoms with E-state index in [1.165, 1.54) is 40.7 Å². The number of benzene rings is 1. The summed E-state index contributed by atoms with van der Waals surface area (Å²) in [6.07, 6.45) is 4.58. The van der Waals surface area contributed by atoms with Crippen LogP contribution in [0.25, 0.3) is 10.9 Å². The van der Waals surface area contributed by atoms with Gasteiger partial charge in [0.2, 0.25) is 5.91 Å². The number of pyridine rings is 1. The number of nitrogens with zero attached hydrogens (tertiary/aromatic N) is 2. The number of para-hydroxylation sites is 1. The van der Waals surface area contributed by atoms with Crippen LogP contribution in [0, 0.1) is 0 Å². The van der Waals surface area contributed by atoms with Crippen molar-refractivity contribution in [1.29, 1.82) is 0 Å². The van der Waals surface area contributed by atoms with E-state index in [2.05, 4.69) is 49.3 Å². The van der Waals surface area contributed by atoms with Gasteiger partial charge >= 0.3 is 0 Å². The van der Waals surface area contributed by atoms with E-state index < -0.39 is 0 Å². The number of fused-ring (bicyclic) bond motifs is 3. The standard InChI is InChI=1S/C22H25N3OS2/c1-22(2,3)18-12-28-21(24-18)25-19(26)13-27-20-16-10-5-4-8-14(16)15-9-6-7-11-17(15)23-20/h6-7,9,11-12H,4-5,8,10,13H2,1-3H3,(H,24,25,26). The predicted octanol–water partition coefficient (Wildman–Crippen LogP) is 5.60. The molecule has 1 aromatic carbocycles. The normalized spacial score (nSPS) is 14.1. The second-order valence-electron chi connectivity index (χ2n) is 8.22. The molecule has 0 radical (unpaired) electrons. The zero-order valence-corrected chi connectivity index (χ0v) is 18.2. The predicted molar refractivity (Wildman–Crippen MR) is 119 cm³/mol. The van der Waals surface area contributed by atoms with Gasteiger partial charge in [-0.1, -0.05) is 50.7 Å². The summed E-state index contributed by atoms with van der Waals surface area (Å²) in [7, 11) is 0. The first-order valence-electron chi connectivity index (χ1n) is 9.71. The third-order valence-electron chi connectivity index (χ3n) is 5.04. The minimum absolute atomic E-state index is 0.0116. The van der Waals surface area contributed by atoms with Gasteiger partial charge in [0.15, 0.2) is 5.13 Å². The third kappa shape index (κ3) is 4.08. The highest BCUT2D eigenvalue weighted by atomic mass is 32.2. The van der Waals surface area contributed by atoms with Gasteiger partial charge in [-0.25, -0.2) is 9.97 Å². The Balaban J connectivity index is 1.49. The SMILES string of the molecule is CC(C)(C)c1csc(NC(=O)CSc2nc3ccccc3c3c2CCCC3)n1. The number of carbonyl (C=O) groups is 1. The Labute approximate surface area is 174 Å². The van der Waals surface area contributed by atoms with Crippen molar-refractivity contribution in [2.75, 3.05) is 11.1 Å². The van der Waals surface area contributed by atoms with E-state index in [4.69, 9.17) is 4.98 Å². The number of anilines is 1. The van der Waals surface area contributed by atoms with Gasteiger partial charge < -0.3 is 5.32 Å². The maximum Gasteiger partial charge on any atom is 0.236 e. The van der Waals surface area contributed by atoms with Gasteiger partial charge in [0.25, 0.3) is 0 Å². The zero-order valence-electron chi connectivity index (χ0n) is 16.5. The van der Waals surface area contributed by atoms with E-state index in [0.717, 1.165) is 29.1 Å². The Hall–Kier alpha value is -1.92. The molecular formula is C22H25N3OS2. The summed E-state index contributed by atoms with van der Waals surface area (Å²) in [6, 6.07) is 8.35. The van der Waals surface area contributed by atoms with Gasteiger partial charge in [-0.3, -0.25) is 4.79 Å². The number of aryl methyl sites for hydroxylation is 1. The minimum atomic E-state index is -0.0284. The van der Waals surface area contributed by atoms with Crippen molar-refractivity contribution in [2.24, 2.45) is 0 Å². The Morgan fingerprint density at radius 2 is 1.89 bits per heavy atom. The molecule has 3 aromatic rings. The summed E-state index contributed by atoms with van der Waals surface area (Å²) >= 11 is 3.03. The molecule has 2 aromatic heterocycles. The summed E-state index contributed by atoms with van der Waals surface area (Å²) in [4.78, 5) is 21.9. The quantitative estimate of drug-likeness (QED) is 0.568. The first-order valence-corrected chi connectivity index (χ1v) is 11.6. The van der Waals surface area contributed by atoms with Crippen molar-refractivity contribution in [1.82, 2.24) is 9.97 Å². The summed E-state index contributed by atoms with van der Waals surface area (Å²) in [6.45, 7) is 6.37. The van der Waals surface area contributed by atoms with Crippen LogP contribution < -0.4 is 5.32 Å². The minimum Gasteiger partial charge on any atom is -0.301 e. The lowest BCUT2D eigenvalue weighted by molar-refractivity contribution is -0.113. The molecule has 4 rings (SSSR count). The van der Waals surface area contributed by atoms with E-state index in [0.29, 0.717) is 10.9 Å². The van der Waals surface area contributed by atoms with E-state index in [1.54, 1.807) is 11.8 Å². The van der Waals surface area contributed by atoms with Crippen LogP contribution in [-0.2, 0) is 23.1 Å². The molecule has 0 aliphatic heterocycles. The van der Waals surface area contributed by atoms with Crippen LogP contribution in [0.2, 0.25) is 0 Å². The fourth-order valence-electron chi connectivity index (χ4n) is 3.53. The summed E-state index contributed by atoms with van der Waals surface area (Å²) in [5.74, 6) is 0.321. The second kappa shape index (κ2) is 7.84. The highest BCUT2D eigenvalue weighted by molar-refractivity contribution is 8.00. The van der Waals surface area contributed by atoms with Gasteiger partial charge in [0.05, 0.1) is 17.0 Å². The molecule has 6 heteroatoms. The van der Waals surface area contributed by atoms with Crippen LogP contribution in [-0.4, -0.2) is 21.6 Å². The lowest BCUT2D eigenvalue weighted by atomic mass is 9.90. The molecule has 4 nitrogen and oxygen atoms in total. The maximum absolute atomic E-state index is 12.5. The third-order valence-corrected chi connectivity index (χ3v) is 6.81. The molecule has 0 saturated heterocycles. The van der Waals surface area contributed by atoms with Gasteiger partial charge in [-0.15, -0.1) is 11.3 Å². The Kier molecular flexibility index (Phi) is 5.43. The monoisotopic (exact) mass is 411 g/mol. The number of amides is 1. The number of hydrogen-bond donors (Lipinski definition) is 1. The van der Waals surface area contributed by atoms with E-state index >= 15 is 0 Å². The molecular weight excluding hydrogens is 386 g/mol. The van der Waals surface area contributed by atoms with E-state index in [-0.39, 0.29) is 11.3 Å². The van der Waals surface area contributed by atoms with Crippen molar-refractivity contribution < 1.29 is 4.79 Å². The lowest BCUT2D eigenvalue weighted by Gasteiger charge is -2.20. The molecule has 0 spiro atoms. The summed E-state index contributed by atoms with van der Waals surface area (Å²) in [5.41, 5.74) is 4.79. The van der Waals surface area contributed by atoms with Gasteiger partial charge in [0, 0.05) is 16.2 Å². The van der Waals surface area contributed by atoms with E-state index in [9.17, 15) is 4.79 Å². The number of nitrogens with one attached hydrogen (secondary N) is 1. The van der Waals surface area contributed by atoms with Crippen LogP contribution in [0.15, 0.2) is 34.7 Å². The molecule has 1 aliphatic rings. The van der Waals surface area contributed by atoms with Crippen LogP contribution in [0.1, 0.15) is 50.4 Å². The summed E-state index contributed by atoms with van der Waals surface area (Å²) in [5, 5.41) is 7.91. The molecule has 0 unspecified atom stereocenters. The number of carbonyl (C=O) groups excluding carboxylic acids is 1. The molecule has 0 saturated carbocycles. The fraction of sp³-hybridized carbons (Fsp3) is 0.409. The van der Waals surface area contributed by atoms with Crippen molar-refractivity contribution in [2.45, 2.75) is 56.9 Å². The maximum atomic E-state index is 12.5. The number of hydrogen-bond acceptors (Lipinski definition) is 5. The first-order chi connectivity index (χ1) is 13.4. The molecule has 1 aliphatic carbocycles. The number of thiazole rings is 1. The van der Waals surface area contributed by atoms with Crippen molar-refractivity contribution in [3.63, 3.8) is 0 Å². The van der Waals surface area contributed by atoms with Gasteiger partial charge in [-0.05, 0) is 42.9 Å². The molecule has 28 heavy (non-hydrogen) atoms. The van der Waals surface area contributed by atoms with Gasteiger partial charge in [-0.2, -0.15) is 0 Å². The van der Waals surface area contributed by atoms with Crippen LogP contribution in [0.3, 0.4) is 0 Å². The van der Waals surface area contributed by atoms with Crippen LogP contribution in [0.5, 0.6) is 0 Å². The highest BCUT2D eigenvalue weighted by Crippen LogP contribution is 2.34. The highest BCUT2D eigenvalue weighted by Gasteiger charge is 2.20. The molecule has 0 atom stereocenters. The van der Waals surface area contributed by atoms with Crippen LogP contribution >= 0.6 is 23.1 Å². The molecule has 1 amide bonds. The topological polar surface area (TPSA) is 54.9 Å². The number of aromatic nitrogens is 2. The fourth-order valence-corrected chi connectivity index (χ4v) is 5.38. The molecule has 2 heterocycles. The van der Waals surface area contributed by atoms with E-state index in [1.807, 2.05) is 11.4 Å². The second-order valence-corrected chi connectivity index (χ2v) is 10.0. The van der Waals surface area contributed by atoms with Crippen molar-refractivity contribution >= 4 is 45.0 Å². The van der Waals surface area contributed by atoms with Gasteiger partial charge in [0.1, 0.15) is 5.03 Å². The molecule has 1 N–H and O–H groups in total. The molecule has 0 bridgehead atoms. The lowest BCUT2D eigenvalue weighted by Crippen LogP contribution is -2.16. The number of thioether (sulfide) groups is 1. The Bertz CT molecular complexity index is 1020. The first kappa shape index (κ1) is 19.4. The van der Waals surface area contributed by atoms with Crippen molar-refractivity contribution in [3.8, 4) is 0 Å². The Morgan fingerprint density at radius 1 is 1.14 bits per heavy atom. The average Bonchev–Trinajstić information content (AvgIpc) is 3.15. The zero-order chi connectivity index (χ0) is 19.7. The largest absolute Gasteiger partial charge is 0.301 e. The average molecular weight is 412 g/mol. The molecule has 0 fully saturated rings. The Morgan fingerprint density at radius 3 is 2.64 bits per heavy atom. The number of rotatable bonds is 4. The summed E-state index contributed by atoms with van der Waals surface area (Å²) < 4.78 is 0. The smallest absolute Gasteiger partial charge is 0.236 e. The molecule has 146 valence electrons. The van der Waals surface area contributed by atoms with Crippen molar-refractivity contribution in [3.05, 3.63) is 46.5 Å². The van der Waals surface area contributed by atoms with Crippen LogP contribution in [0.4, 0.5) is 5.13 Å².